The summed E-state index contributed by atoms with van der Waals surface area (Å²) in [6.07, 6.45) is 2.78. The molecule has 2 N–H and O–H groups in total. The molecule has 0 aromatic carbocycles. The molecule has 1 atom stereocenters. The van der Waals surface area contributed by atoms with Crippen molar-refractivity contribution < 1.29 is 14.7 Å². The highest BCUT2D eigenvalue weighted by Crippen LogP contribution is 2.33. The van der Waals surface area contributed by atoms with Crippen LogP contribution in [0.25, 0.3) is 0 Å². The van der Waals surface area contributed by atoms with Crippen LogP contribution >= 0.6 is 0 Å². The normalized spacial score (nSPS) is 16.2. The van der Waals surface area contributed by atoms with Crippen LogP contribution in [0.3, 0.4) is 0 Å². The van der Waals surface area contributed by atoms with Crippen LogP contribution in [0.1, 0.15) is 40.0 Å². The number of carboxylic acid groups (broad SMARTS) is 1. The number of carbonyl (C=O) groups is 2. The Labute approximate surface area is 84.7 Å². The molecule has 1 amide bonds. The second kappa shape index (κ2) is 6.40. The minimum absolute atomic E-state index is 0.275. The van der Waals surface area contributed by atoms with Gasteiger partial charge in [-0.3, -0.25) is 4.79 Å². The van der Waals surface area contributed by atoms with Crippen LogP contribution in [-0.4, -0.2) is 23.0 Å². The fraction of sp³-hybridized carbons (Fsp3) is 0.800. The van der Waals surface area contributed by atoms with Gasteiger partial charge in [-0.1, -0.05) is 26.7 Å². The fourth-order valence-electron chi connectivity index (χ4n) is 1.15. The molecule has 0 heterocycles. The summed E-state index contributed by atoms with van der Waals surface area (Å²) in [6.45, 7) is 5.34. The zero-order valence-electron chi connectivity index (χ0n) is 9.04. The third-order valence-corrected chi connectivity index (χ3v) is 1.94. The van der Waals surface area contributed by atoms with Crippen LogP contribution in [0.15, 0.2) is 0 Å². The molecular weight excluding hydrogens is 182 g/mol. The number of amides is 1. The Bertz CT molecular complexity index is 200. The Balaban J connectivity index is 0.000000791. The smallest absolute Gasteiger partial charge is 0.326 e. The second-order valence-corrected chi connectivity index (χ2v) is 3.27. The predicted octanol–water partition coefficient (Wildman–Crippen LogP) is 1.40. The summed E-state index contributed by atoms with van der Waals surface area (Å²) >= 11 is 0. The lowest BCUT2D eigenvalue weighted by atomic mass is 10.1. The van der Waals surface area contributed by atoms with Crippen LogP contribution in [0.5, 0.6) is 0 Å². The van der Waals surface area contributed by atoms with Gasteiger partial charge in [-0.2, -0.15) is 0 Å². The molecule has 0 aromatic rings. The van der Waals surface area contributed by atoms with E-state index in [1.807, 2.05) is 13.8 Å². The number of carboxylic acids is 1. The molecule has 82 valence electrons. The maximum Gasteiger partial charge on any atom is 0.326 e. The molecule has 0 radical (unpaired) electrons. The van der Waals surface area contributed by atoms with Gasteiger partial charge >= 0.3 is 5.97 Å². The Morgan fingerprint density at radius 3 is 2.21 bits per heavy atom. The second-order valence-electron chi connectivity index (χ2n) is 3.27. The topological polar surface area (TPSA) is 66.4 Å². The van der Waals surface area contributed by atoms with E-state index in [0.717, 1.165) is 12.8 Å². The van der Waals surface area contributed by atoms with Gasteiger partial charge in [-0.25, -0.2) is 4.79 Å². The molecule has 1 aliphatic carbocycles. The number of hydrogen-bond donors (Lipinski definition) is 2. The van der Waals surface area contributed by atoms with E-state index in [4.69, 9.17) is 5.11 Å². The van der Waals surface area contributed by atoms with Crippen LogP contribution in [0.2, 0.25) is 0 Å². The molecule has 1 aliphatic rings. The lowest BCUT2D eigenvalue weighted by Gasteiger charge is -2.11. The van der Waals surface area contributed by atoms with Crippen molar-refractivity contribution in [3.8, 4) is 0 Å². The van der Waals surface area contributed by atoms with Crippen molar-refractivity contribution in [3.05, 3.63) is 0 Å². The predicted molar refractivity (Wildman–Crippen MR) is 53.9 cm³/mol. The van der Waals surface area contributed by atoms with E-state index in [1.165, 1.54) is 6.92 Å². The Hall–Kier alpha value is -1.06. The van der Waals surface area contributed by atoms with Crippen molar-refractivity contribution in [2.24, 2.45) is 5.92 Å². The summed E-state index contributed by atoms with van der Waals surface area (Å²) in [7, 11) is 0. The van der Waals surface area contributed by atoms with Gasteiger partial charge in [0.25, 0.3) is 0 Å². The van der Waals surface area contributed by atoms with E-state index in [9.17, 15) is 9.59 Å². The van der Waals surface area contributed by atoms with Crippen molar-refractivity contribution in [2.45, 2.75) is 46.1 Å². The Kier molecular flexibility index (Phi) is 5.92. The molecule has 1 saturated carbocycles. The highest BCUT2D eigenvalue weighted by atomic mass is 16.4. The monoisotopic (exact) mass is 201 g/mol. The van der Waals surface area contributed by atoms with Gasteiger partial charge in [0.05, 0.1) is 0 Å². The minimum atomic E-state index is -0.933. The SMILES string of the molecule is CC.CC(=O)NC(CC1CC1)C(=O)O. The van der Waals surface area contributed by atoms with Gasteiger partial charge in [0.2, 0.25) is 5.91 Å². The van der Waals surface area contributed by atoms with Gasteiger partial charge < -0.3 is 10.4 Å². The first-order valence-corrected chi connectivity index (χ1v) is 5.09. The lowest BCUT2D eigenvalue weighted by Crippen LogP contribution is -2.39. The maximum atomic E-state index is 10.6. The van der Waals surface area contributed by atoms with Crippen LogP contribution in [0.4, 0.5) is 0 Å². The first kappa shape index (κ1) is 12.9. The Morgan fingerprint density at radius 1 is 1.43 bits per heavy atom. The molecule has 0 aliphatic heterocycles. The summed E-state index contributed by atoms with van der Waals surface area (Å²) < 4.78 is 0. The van der Waals surface area contributed by atoms with E-state index in [0.29, 0.717) is 12.3 Å². The molecule has 1 unspecified atom stereocenters. The van der Waals surface area contributed by atoms with Crippen molar-refractivity contribution in [1.82, 2.24) is 5.32 Å². The summed E-state index contributed by atoms with van der Waals surface area (Å²) in [5, 5.41) is 11.1. The molecule has 1 fully saturated rings. The molecular formula is C10H19NO3. The summed E-state index contributed by atoms with van der Waals surface area (Å²) in [6, 6.07) is -0.685. The average Bonchev–Trinajstić information content (AvgIpc) is 2.90. The molecule has 0 aromatic heterocycles. The summed E-state index contributed by atoms with van der Waals surface area (Å²) in [5.74, 6) is -0.696. The Morgan fingerprint density at radius 2 is 1.93 bits per heavy atom. The molecule has 4 nitrogen and oxygen atoms in total. The molecule has 4 heteroatoms. The van der Waals surface area contributed by atoms with E-state index in [-0.39, 0.29) is 5.91 Å². The van der Waals surface area contributed by atoms with Gasteiger partial charge in [0.1, 0.15) is 6.04 Å². The van der Waals surface area contributed by atoms with E-state index in [2.05, 4.69) is 5.32 Å². The van der Waals surface area contributed by atoms with Gasteiger partial charge in [-0.05, 0) is 12.3 Å². The zero-order chi connectivity index (χ0) is 11.1. The van der Waals surface area contributed by atoms with Crippen molar-refractivity contribution in [2.75, 3.05) is 0 Å². The molecule has 14 heavy (non-hydrogen) atoms. The standard InChI is InChI=1S/C8H13NO3.C2H6/c1-5(10)9-7(8(11)12)4-6-2-3-6;1-2/h6-7H,2-4H2,1H3,(H,9,10)(H,11,12);1-2H3. The third kappa shape index (κ3) is 5.56. The summed E-state index contributed by atoms with van der Waals surface area (Å²) in [4.78, 5) is 21.2. The minimum Gasteiger partial charge on any atom is -0.480 e. The number of rotatable bonds is 4. The fourth-order valence-corrected chi connectivity index (χ4v) is 1.15. The number of nitrogens with one attached hydrogen (secondary N) is 1. The maximum absolute atomic E-state index is 10.6. The number of aliphatic carboxylic acids is 1. The third-order valence-electron chi connectivity index (χ3n) is 1.94. The molecule has 0 saturated heterocycles. The quantitative estimate of drug-likeness (QED) is 0.722. The lowest BCUT2D eigenvalue weighted by molar-refractivity contribution is -0.141. The number of carbonyl (C=O) groups excluding carboxylic acids is 1. The van der Waals surface area contributed by atoms with Gasteiger partial charge in [0.15, 0.2) is 0 Å². The largest absolute Gasteiger partial charge is 0.480 e. The van der Waals surface area contributed by atoms with Crippen LogP contribution in [0, 0.1) is 5.92 Å². The van der Waals surface area contributed by atoms with E-state index in [1.54, 1.807) is 0 Å². The van der Waals surface area contributed by atoms with Crippen molar-refractivity contribution >= 4 is 11.9 Å². The van der Waals surface area contributed by atoms with Crippen LogP contribution in [-0.2, 0) is 9.59 Å². The van der Waals surface area contributed by atoms with Gasteiger partial charge in [-0.15, -0.1) is 0 Å². The molecule has 1 rings (SSSR count). The highest BCUT2D eigenvalue weighted by molar-refractivity contribution is 5.82. The first-order valence-electron chi connectivity index (χ1n) is 5.09. The first-order chi connectivity index (χ1) is 6.59. The molecule has 0 spiro atoms. The van der Waals surface area contributed by atoms with Crippen LogP contribution < -0.4 is 5.32 Å². The molecule has 0 bridgehead atoms. The van der Waals surface area contributed by atoms with Gasteiger partial charge in [0, 0.05) is 6.92 Å². The average molecular weight is 201 g/mol. The number of hydrogen-bond acceptors (Lipinski definition) is 2. The van der Waals surface area contributed by atoms with E-state index < -0.39 is 12.0 Å². The van der Waals surface area contributed by atoms with Crippen molar-refractivity contribution in [3.63, 3.8) is 0 Å². The van der Waals surface area contributed by atoms with Crippen molar-refractivity contribution in [1.29, 1.82) is 0 Å². The van der Waals surface area contributed by atoms with E-state index >= 15 is 0 Å². The zero-order valence-corrected chi connectivity index (χ0v) is 9.04. The summed E-state index contributed by atoms with van der Waals surface area (Å²) in [5.41, 5.74) is 0. The highest BCUT2D eigenvalue weighted by Gasteiger charge is 2.29.